The maximum Gasteiger partial charge on any atom is 0.290 e. The predicted octanol–water partition coefficient (Wildman–Crippen LogP) is 3.43. The Morgan fingerprint density at radius 1 is 1.16 bits per heavy atom. The van der Waals surface area contributed by atoms with E-state index in [4.69, 9.17) is 4.74 Å². The molecule has 0 saturated carbocycles. The third kappa shape index (κ3) is 5.22. The molecule has 1 aliphatic rings. The third-order valence-corrected chi connectivity index (χ3v) is 6.76. The molecule has 0 spiro atoms. The van der Waals surface area contributed by atoms with E-state index in [9.17, 15) is 14.7 Å². The molecule has 32 heavy (non-hydrogen) atoms. The van der Waals surface area contributed by atoms with Crippen molar-refractivity contribution in [3.63, 3.8) is 0 Å². The highest BCUT2D eigenvalue weighted by molar-refractivity contribution is 7.12. The minimum atomic E-state index is -0.607. The summed E-state index contributed by atoms with van der Waals surface area (Å²) in [6, 6.07) is 10.4. The molecule has 2 aromatic rings. The fourth-order valence-corrected chi connectivity index (χ4v) is 4.75. The van der Waals surface area contributed by atoms with Crippen LogP contribution in [0.2, 0.25) is 0 Å². The van der Waals surface area contributed by atoms with Gasteiger partial charge < -0.3 is 19.6 Å². The zero-order valence-corrected chi connectivity index (χ0v) is 19.9. The maximum atomic E-state index is 13.3. The lowest BCUT2D eigenvalue weighted by Gasteiger charge is -2.27. The maximum absolute atomic E-state index is 13.3. The Hall–Kier alpha value is -2.64. The van der Waals surface area contributed by atoms with Crippen molar-refractivity contribution in [3.8, 4) is 5.75 Å². The van der Waals surface area contributed by atoms with E-state index in [2.05, 4.69) is 13.8 Å². The molecule has 1 aromatic carbocycles. The molecule has 1 atom stereocenters. The number of carbonyl (C=O) groups is 2. The summed E-state index contributed by atoms with van der Waals surface area (Å²) in [6.45, 7) is 10.4. The van der Waals surface area contributed by atoms with Gasteiger partial charge in [-0.2, -0.15) is 0 Å². The highest BCUT2D eigenvalue weighted by atomic mass is 32.1. The molecule has 1 amide bonds. The van der Waals surface area contributed by atoms with Crippen LogP contribution in [0, 0.1) is 0 Å². The number of amides is 1. The number of rotatable bonds is 12. The van der Waals surface area contributed by atoms with Crippen LogP contribution in [0.1, 0.15) is 54.9 Å². The van der Waals surface area contributed by atoms with Crippen LogP contribution in [-0.4, -0.2) is 54.5 Å². The zero-order chi connectivity index (χ0) is 23.1. The Balaban J connectivity index is 1.90. The number of aliphatic hydroxyl groups is 1. The lowest BCUT2D eigenvalue weighted by molar-refractivity contribution is -0.896. The van der Waals surface area contributed by atoms with Gasteiger partial charge in [0.05, 0.1) is 42.7 Å². The first-order chi connectivity index (χ1) is 15.5. The number of hydrogen-bond donors (Lipinski definition) is 2. The number of ketones is 1. The van der Waals surface area contributed by atoms with Gasteiger partial charge in [0.1, 0.15) is 5.75 Å². The van der Waals surface area contributed by atoms with Crippen molar-refractivity contribution in [1.29, 1.82) is 0 Å². The Labute approximate surface area is 194 Å². The first kappa shape index (κ1) is 24.0. The Bertz CT molecular complexity index is 933. The number of carbonyl (C=O) groups excluding carboxylic acids is 2. The van der Waals surface area contributed by atoms with Crippen LogP contribution in [0.15, 0.2) is 53.1 Å². The number of hydrogen-bond acceptors (Lipinski definition) is 5. The molecule has 2 heterocycles. The molecular weight excluding hydrogens is 424 g/mol. The van der Waals surface area contributed by atoms with Gasteiger partial charge in [-0.25, -0.2) is 0 Å². The topological polar surface area (TPSA) is 71.3 Å². The number of nitrogens with zero attached hydrogens (tertiary/aromatic N) is 1. The molecular formula is C25H33N2O4S+. The number of thiophene rings is 1. The lowest BCUT2D eigenvalue weighted by atomic mass is 9.95. The molecule has 0 aliphatic carbocycles. The SMILES string of the molecule is CCCOc1ccc([C@@H]2C(C(=O)c3cccs3)=C(O)C(=O)N2CCC[NH+](CC)CC)cc1. The fraction of sp³-hybridized carbons (Fsp3) is 0.440. The molecule has 3 rings (SSSR count). The summed E-state index contributed by atoms with van der Waals surface area (Å²) >= 11 is 1.31. The lowest BCUT2D eigenvalue weighted by Crippen LogP contribution is -3.11. The highest BCUT2D eigenvalue weighted by Crippen LogP contribution is 2.39. The van der Waals surface area contributed by atoms with Crippen molar-refractivity contribution in [1.82, 2.24) is 4.90 Å². The van der Waals surface area contributed by atoms with Gasteiger partial charge in [0.2, 0.25) is 5.78 Å². The number of quaternary nitrogens is 1. The number of Topliss-reactive ketones (excluding diaryl/α,β-unsaturated/α-hetero) is 1. The number of ether oxygens (including phenoxy) is 1. The summed E-state index contributed by atoms with van der Waals surface area (Å²) < 4.78 is 5.68. The average molecular weight is 458 g/mol. The van der Waals surface area contributed by atoms with Crippen molar-refractivity contribution in [2.45, 2.75) is 39.7 Å². The molecule has 1 aliphatic heterocycles. The van der Waals surface area contributed by atoms with Gasteiger partial charge in [-0.3, -0.25) is 9.59 Å². The molecule has 0 saturated heterocycles. The Kier molecular flexibility index (Phi) is 8.47. The normalized spacial score (nSPS) is 16.3. The van der Waals surface area contributed by atoms with E-state index in [1.807, 2.05) is 36.6 Å². The Morgan fingerprint density at radius 3 is 2.47 bits per heavy atom. The molecule has 0 radical (unpaired) electrons. The monoisotopic (exact) mass is 457 g/mol. The number of benzene rings is 1. The number of nitrogens with one attached hydrogen (secondary N) is 1. The first-order valence-electron chi connectivity index (χ1n) is 11.4. The van der Waals surface area contributed by atoms with E-state index < -0.39 is 17.7 Å². The van der Waals surface area contributed by atoms with Crippen LogP contribution >= 0.6 is 11.3 Å². The predicted molar refractivity (Wildman–Crippen MR) is 127 cm³/mol. The molecule has 0 bridgehead atoms. The summed E-state index contributed by atoms with van der Waals surface area (Å²) in [6.07, 6.45) is 1.71. The van der Waals surface area contributed by atoms with Gasteiger partial charge in [-0.15, -0.1) is 11.3 Å². The van der Waals surface area contributed by atoms with Crippen molar-refractivity contribution < 1.29 is 24.3 Å². The third-order valence-electron chi connectivity index (χ3n) is 5.89. The molecule has 6 nitrogen and oxygen atoms in total. The largest absolute Gasteiger partial charge is 0.503 e. The van der Waals surface area contributed by atoms with Crippen LogP contribution in [-0.2, 0) is 4.79 Å². The average Bonchev–Trinajstić information content (AvgIpc) is 3.43. The molecule has 172 valence electrons. The van der Waals surface area contributed by atoms with Gasteiger partial charge in [-0.1, -0.05) is 25.1 Å². The minimum absolute atomic E-state index is 0.162. The van der Waals surface area contributed by atoms with Crippen molar-refractivity contribution >= 4 is 23.0 Å². The van der Waals surface area contributed by atoms with Crippen LogP contribution in [0.5, 0.6) is 5.75 Å². The van der Waals surface area contributed by atoms with Crippen molar-refractivity contribution in [2.24, 2.45) is 0 Å². The second-order valence-electron chi connectivity index (χ2n) is 7.95. The summed E-state index contributed by atoms with van der Waals surface area (Å²) in [4.78, 5) is 29.9. The Morgan fingerprint density at radius 2 is 1.88 bits per heavy atom. The summed E-state index contributed by atoms with van der Waals surface area (Å²) in [5.74, 6) is -0.458. The standard InChI is InChI=1S/C25H32N2O4S/c1-4-16-31-19-12-10-18(11-13-19)22-21(23(28)20-9-7-17-32-20)24(29)25(30)27(22)15-8-14-26(5-2)6-3/h7,9-13,17,22,29H,4-6,8,14-16H2,1-3H3/p+1/t22-/m1/s1. The van der Waals surface area contributed by atoms with E-state index in [0.29, 0.717) is 18.0 Å². The van der Waals surface area contributed by atoms with Crippen LogP contribution < -0.4 is 9.64 Å². The number of aliphatic hydroxyl groups excluding tert-OH is 1. The first-order valence-corrected chi connectivity index (χ1v) is 12.3. The van der Waals surface area contributed by atoms with E-state index >= 15 is 0 Å². The second kappa shape index (κ2) is 11.3. The van der Waals surface area contributed by atoms with Crippen molar-refractivity contribution in [3.05, 3.63) is 63.6 Å². The van der Waals surface area contributed by atoms with Crippen LogP contribution in [0.25, 0.3) is 0 Å². The smallest absolute Gasteiger partial charge is 0.290 e. The molecule has 0 fully saturated rings. The molecule has 1 aromatic heterocycles. The quantitative estimate of drug-likeness (QED) is 0.479. The summed E-state index contributed by atoms with van der Waals surface area (Å²) in [5.41, 5.74) is 0.955. The van der Waals surface area contributed by atoms with Gasteiger partial charge in [0, 0.05) is 13.0 Å². The fourth-order valence-electron chi connectivity index (χ4n) is 4.07. The van der Waals surface area contributed by atoms with Crippen molar-refractivity contribution in [2.75, 3.05) is 32.8 Å². The van der Waals surface area contributed by atoms with E-state index in [1.54, 1.807) is 17.0 Å². The second-order valence-corrected chi connectivity index (χ2v) is 8.90. The molecule has 7 heteroatoms. The highest BCUT2D eigenvalue weighted by Gasteiger charge is 2.43. The van der Waals surface area contributed by atoms with E-state index in [0.717, 1.165) is 43.8 Å². The van der Waals surface area contributed by atoms with Gasteiger partial charge >= 0.3 is 0 Å². The summed E-state index contributed by atoms with van der Waals surface area (Å²) in [5, 5.41) is 12.6. The molecule has 2 N–H and O–H groups in total. The zero-order valence-electron chi connectivity index (χ0n) is 19.1. The van der Waals surface area contributed by atoms with E-state index in [1.165, 1.54) is 16.2 Å². The summed E-state index contributed by atoms with van der Waals surface area (Å²) in [7, 11) is 0. The van der Waals surface area contributed by atoms with E-state index in [-0.39, 0.29) is 11.4 Å². The minimum Gasteiger partial charge on any atom is -0.503 e. The van der Waals surface area contributed by atoms with Gasteiger partial charge in [0.15, 0.2) is 5.76 Å². The van der Waals surface area contributed by atoms with Crippen LogP contribution in [0.4, 0.5) is 0 Å². The van der Waals surface area contributed by atoms with Gasteiger partial charge in [0.25, 0.3) is 5.91 Å². The van der Waals surface area contributed by atoms with Gasteiger partial charge in [-0.05, 0) is 49.4 Å². The molecule has 0 unspecified atom stereocenters. The van der Waals surface area contributed by atoms with Crippen LogP contribution in [0.3, 0.4) is 0 Å².